The van der Waals surface area contributed by atoms with Gasteiger partial charge in [-0.15, -0.1) is 0 Å². The van der Waals surface area contributed by atoms with Crippen molar-refractivity contribution >= 4 is 15.9 Å². The van der Waals surface area contributed by atoms with Gasteiger partial charge in [-0.3, -0.25) is 0 Å². The first-order valence-corrected chi connectivity index (χ1v) is 12.3. The summed E-state index contributed by atoms with van der Waals surface area (Å²) >= 11 is 1.99. The Morgan fingerprint density at radius 1 is 0.875 bits per heavy atom. The second-order valence-electron chi connectivity index (χ2n) is 9.00. The van der Waals surface area contributed by atoms with Gasteiger partial charge in [-0.05, 0) is 101 Å². The van der Waals surface area contributed by atoms with Gasteiger partial charge in [0, 0.05) is 0 Å². The Balaban J connectivity index is 1.58. The van der Waals surface area contributed by atoms with Crippen LogP contribution in [-0.4, -0.2) is 0 Å². The molecule has 0 aromatic heterocycles. The normalized spacial score (nSPS) is 19.3. The van der Waals surface area contributed by atoms with E-state index in [4.69, 9.17) is 0 Å². The summed E-state index contributed by atoms with van der Waals surface area (Å²) in [6.07, 6.45) is 10.1. The van der Waals surface area contributed by atoms with Crippen LogP contribution in [0.3, 0.4) is 0 Å². The SMILES string of the molecule is CCCCCC1CCC(c2ccc(CCc3cc(F)c(C(F)(F)Br)c(F)c3)c(F)c2)CC1. The van der Waals surface area contributed by atoms with Gasteiger partial charge < -0.3 is 0 Å². The molecule has 2 aromatic carbocycles. The average Bonchev–Trinajstić information content (AvgIpc) is 2.72. The third kappa shape index (κ3) is 6.55. The lowest BCUT2D eigenvalue weighted by Crippen LogP contribution is -2.13. The molecule has 176 valence electrons. The van der Waals surface area contributed by atoms with Crippen LogP contribution in [0, 0.1) is 23.4 Å². The minimum atomic E-state index is -3.78. The van der Waals surface area contributed by atoms with E-state index in [-0.39, 0.29) is 24.2 Å². The van der Waals surface area contributed by atoms with Gasteiger partial charge in [0.2, 0.25) is 0 Å². The Morgan fingerprint density at radius 2 is 1.53 bits per heavy atom. The molecule has 0 saturated heterocycles. The molecule has 0 radical (unpaired) electrons. The van der Waals surface area contributed by atoms with Crippen LogP contribution in [0.15, 0.2) is 30.3 Å². The van der Waals surface area contributed by atoms with Crippen LogP contribution < -0.4 is 0 Å². The zero-order valence-electron chi connectivity index (χ0n) is 18.4. The number of halogens is 6. The highest BCUT2D eigenvalue weighted by Crippen LogP contribution is 2.39. The maximum Gasteiger partial charge on any atom is 0.332 e. The molecule has 2 aromatic rings. The van der Waals surface area contributed by atoms with Crippen LogP contribution in [0.4, 0.5) is 22.0 Å². The molecule has 0 aliphatic heterocycles. The van der Waals surface area contributed by atoms with E-state index in [0.717, 1.165) is 36.5 Å². The van der Waals surface area contributed by atoms with Gasteiger partial charge in [0.25, 0.3) is 0 Å². The number of rotatable bonds is 9. The molecule has 1 saturated carbocycles. The van der Waals surface area contributed by atoms with E-state index in [1.54, 1.807) is 12.1 Å². The van der Waals surface area contributed by atoms with Crippen molar-refractivity contribution in [3.8, 4) is 0 Å². The maximum atomic E-state index is 14.7. The van der Waals surface area contributed by atoms with Gasteiger partial charge >= 0.3 is 4.83 Å². The summed E-state index contributed by atoms with van der Waals surface area (Å²) in [5.74, 6) is -1.79. The topological polar surface area (TPSA) is 0 Å². The van der Waals surface area contributed by atoms with E-state index in [0.29, 0.717) is 11.5 Å². The summed E-state index contributed by atoms with van der Waals surface area (Å²) in [7, 11) is 0. The quantitative estimate of drug-likeness (QED) is 0.177. The number of alkyl halides is 3. The third-order valence-corrected chi connectivity index (χ3v) is 7.08. The lowest BCUT2D eigenvalue weighted by atomic mass is 9.77. The van der Waals surface area contributed by atoms with Crippen molar-refractivity contribution in [2.24, 2.45) is 5.92 Å². The highest BCUT2D eigenvalue weighted by molar-refractivity contribution is 9.09. The Labute approximate surface area is 195 Å². The van der Waals surface area contributed by atoms with Crippen molar-refractivity contribution in [1.82, 2.24) is 0 Å². The van der Waals surface area contributed by atoms with Gasteiger partial charge in [-0.2, -0.15) is 8.78 Å². The van der Waals surface area contributed by atoms with Gasteiger partial charge in [0.15, 0.2) is 0 Å². The van der Waals surface area contributed by atoms with Crippen LogP contribution in [0.2, 0.25) is 0 Å². The van der Waals surface area contributed by atoms with Crippen LogP contribution in [-0.2, 0) is 17.7 Å². The standard InChI is InChI=1S/C26H30BrF5/c1-2-3-4-5-17-6-9-19(10-7-17)21-13-12-20(22(28)16-21)11-8-18-14-23(29)25(24(30)15-18)26(27,31)32/h12-17,19H,2-11H2,1H3. The summed E-state index contributed by atoms with van der Waals surface area (Å²) in [6, 6.07) is 7.06. The first-order valence-electron chi connectivity index (χ1n) is 11.5. The third-order valence-electron chi connectivity index (χ3n) is 6.68. The highest BCUT2D eigenvalue weighted by atomic mass is 79.9. The molecule has 32 heavy (non-hydrogen) atoms. The second-order valence-corrected chi connectivity index (χ2v) is 9.99. The van der Waals surface area contributed by atoms with Crippen LogP contribution in [0.1, 0.15) is 86.5 Å². The lowest BCUT2D eigenvalue weighted by Gasteiger charge is -2.29. The maximum absolute atomic E-state index is 14.7. The molecule has 0 atom stereocenters. The first kappa shape index (κ1) is 25.2. The van der Waals surface area contributed by atoms with Crippen LogP contribution >= 0.6 is 15.9 Å². The lowest BCUT2D eigenvalue weighted by molar-refractivity contribution is 0.105. The van der Waals surface area contributed by atoms with Gasteiger partial charge in [0.05, 0.1) is 0 Å². The smallest absolute Gasteiger partial charge is 0.207 e. The number of aryl methyl sites for hydroxylation is 2. The predicted octanol–water partition coefficient (Wildman–Crippen LogP) is 9.19. The van der Waals surface area contributed by atoms with E-state index in [9.17, 15) is 22.0 Å². The second kappa shape index (κ2) is 11.1. The number of hydrogen-bond donors (Lipinski definition) is 0. The fourth-order valence-electron chi connectivity index (χ4n) is 4.81. The summed E-state index contributed by atoms with van der Waals surface area (Å²) in [5, 5.41) is 0. The van der Waals surface area contributed by atoms with Crippen LogP contribution in [0.5, 0.6) is 0 Å². The molecule has 0 heterocycles. The zero-order chi connectivity index (χ0) is 23.3. The molecule has 1 aliphatic rings. The Kier molecular flexibility index (Phi) is 8.76. The van der Waals surface area contributed by atoms with Gasteiger partial charge in [0.1, 0.15) is 23.0 Å². The molecular formula is C26H30BrF5. The number of hydrogen-bond acceptors (Lipinski definition) is 0. The first-order chi connectivity index (χ1) is 15.2. The molecule has 6 heteroatoms. The average molecular weight is 517 g/mol. The molecular weight excluding hydrogens is 487 g/mol. The molecule has 0 bridgehead atoms. The van der Waals surface area contributed by atoms with Crippen molar-refractivity contribution < 1.29 is 22.0 Å². The monoisotopic (exact) mass is 516 g/mol. The summed E-state index contributed by atoms with van der Waals surface area (Å²) in [5.41, 5.74) is 0.374. The molecule has 0 amide bonds. The molecule has 0 nitrogen and oxygen atoms in total. The zero-order valence-corrected chi connectivity index (χ0v) is 20.0. The fraction of sp³-hybridized carbons (Fsp3) is 0.538. The minimum absolute atomic E-state index is 0.154. The Morgan fingerprint density at radius 3 is 2.09 bits per heavy atom. The van der Waals surface area contributed by atoms with Crippen molar-refractivity contribution in [1.29, 1.82) is 0 Å². The van der Waals surface area contributed by atoms with E-state index < -0.39 is 22.0 Å². The molecule has 1 aliphatic carbocycles. The molecule has 0 N–H and O–H groups in total. The molecule has 0 unspecified atom stereocenters. The molecule has 3 rings (SSSR count). The van der Waals surface area contributed by atoms with Crippen molar-refractivity contribution in [3.05, 3.63) is 70.0 Å². The number of benzene rings is 2. The fourth-order valence-corrected chi connectivity index (χ4v) is 5.19. The van der Waals surface area contributed by atoms with Gasteiger partial charge in [-0.1, -0.05) is 44.7 Å². The van der Waals surface area contributed by atoms with E-state index in [2.05, 4.69) is 6.92 Å². The number of unbranched alkanes of at least 4 members (excludes halogenated alkanes) is 2. The van der Waals surface area contributed by atoms with Crippen LogP contribution in [0.25, 0.3) is 0 Å². The largest absolute Gasteiger partial charge is 0.332 e. The minimum Gasteiger partial charge on any atom is -0.207 e. The van der Waals surface area contributed by atoms with Crippen molar-refractivity contribution in [2.45, 2.75) is 81.9 Å². The molecule has 1 fully saturated rings. The van der Waals surface area contributed by atoms with E-state index >= 15 is 0 Å². The summed E-state index contributed by atoms with van der Waals surface area (Å²) < 4.78 is 69.2. The van der Waals surface area contributed by atoms with Crippen molar-refractivity contribution in [3.63, 3.8) is 0 Å². The Bertz CT molecular complexity index is 875. The summed E-state index contributed by atoms with van der Waals surface area (Å²) in [4.78, 5) is -3.78. The van der Waals surface area contributed by atoms with E-state index in [1.165, 1.54) is 38.5 Å². The highest BCUT2D eigenvalue weighted by Gasteiger charge is 2.34. The van der Waals surface area contributed by atoms with E-state index in [1.807, 2.05) is 22.0 Å². The Hall–Kier alpha value is -1.43. The van der Waals surface area contributed by atoms with Gasteiger partial charge in [-0.25, -0.2) is 13.2 Å². The summed E-state index contributed by atoms with van der Waals surface area (Å²) in [6.45, 7) is 2.22. The molecule has 0 spiro atoms. The predicted molar refractivity (Wildman–Crippen MR) is 122 cm³/mol. The van der Waals surface area contributed by atoms with Crippen molar-refractivity contribution in [2.75, 3.05) is 0 Å².